The molecule has 3 N–H and O–H groups in total. The molecule has 3 atom stereocenters. The van der Waals surface area contributed by atoms with Gasteiger partial charge in [0.15, 0.2) is 6.10 Å². The topological polar surface area (TPSA) is 151 Å². The van der Waals surface area contributed by atoms with Crippen molar-refractivity contribution in [3.8, 4) is 0 Å². The van der Waals surface area contributed by atoms with Gasteiger partial charge >= 0.3 is 19.8 Å². The molecule has 0 aliphatic rings. The lowest BCUT2D eigenvalue weighted by Crippen LogP contribution is -2.33. The molecule has 0 fully saturated rings. The molecule has 3 unspecified atom stereocenters. The van der Waals surface area contributed by atoms with Gasteiger partial charge < -0.3 is 20.1 Å². The highest BCUT2D eigenvalue weighted by atomic mass is 31.2. The van der Waals surface area contributed by atoms with Crippen molar-refractivity contribution >= 4 is 25.5 Å². The van der Waals surface area contributed by atoms with Crippen LogP contribution in [0, 0.1) is 0 Å². The van der Waals surface area contributed by atoms with Crippen molar-refractivity contribution in [1.82, 2.24) is 0 Å². The maximum Gasteiger partial charge on any atom is 0.472 e. The second-order valence-corrected chi connectivity index (χ2v) is 16.2. The molecule has 0 heterocycles. The monoisotopic (exact) mass is 786 g/mol. The van der Waals surface area contributed by atoms with Gasteiger partial charge in [-0.2, -0.15) is 0 Å². The second kappa shape index (κ2) is 38.1. The first-order valence-corrected chi connectivity index (χ1v) is 23.1. The summed E-state index contributed by atoms with van der Waals surface area (Å²) in [5.41, 5.74) is 5.57. The van der Waals surface area contributed by atoms with Crippen LogP contribution in [0.2, 0.25) is 0 Å². The molecule has 316 valence electrons. The number of phosphoric ester groups is 1. The minimum absolute atomic E-state index is 0.0861. The van der Waals surface area contributed by atoms with E-state index in [1.807, 2.05) is 12.2 Å². The summed E-state index contributed by atoms with van der Waals surface area (Å²) in [5.74, 6) is -1.39. The van der Waals surface area contributed by atoms with Crippen LogP contribution in [0.3, 0.4) is 0 Å². The molecule has 0 spiro atoms. The number of unbranched alkanes of at least 4 members (excludes halogenated alkanes) is 22. The Morgan fingerprint density at radius 3 is 1.52 bits per heavy atom. The molecular weight excluding hydrogens is 705 g/mol. The summed E-state index contributed by atoms with van der Waals surface area (Å²) < 4.78 is 33.0. The summed E-state index contributed by atoms with van der Waals surface area (Å²) in [6.07, 6.45) is 38.7. The number of esters is 2. The van der Waals surface area contributed by atoms with E-state index in [2.05, 4.69) is 26.0 Å². The van der Waals surface area contributed by atoms with E-state index in [0.717, 1.165) is 32.1 Å². The highest BCUT2D eigenvalue weighted by Crippen LogP contribution is 2.43. The number of hydrogen-bond donors (Lipinski definition) is 2. The van der Waals surface area contributed by atoms with E-state index in [-0.39, 0.29) is 19.4 Å². The zero-order chi connectivity index (χ0) is 40.0. The van der Waals surface area contributed by atoms with E-state index in [1.165, 1.54) is 129 Å². The maximum absolute atomic E-state index is 12.6. The number of Topliss-reactive ketones (excluding diaryl/α,β-unsaturated/α-hetero) is 1. The van der Waals surface area contributed by atoms with Crippen molar-refractivity contribution in [2.24, 2.45) is 5.73 Å². The Hall–Kier alpha value is -1.84. The van der Waals surface area contributed by atoms with Crippen LogP contribution in [-0.4, -0.2) is 54.6 Å². The van der Waals surface area contributed by atoms with E-state index < -0.39 is 50.9 Å². The summed E-state index contributed by atoms with van der Waals surface area (Å²) >= 11 is 0. The number of ketones is 1. The van der Waals surface area contributed by atoms with Gasteiger partial charge in [0.2, 0.25) is 0 Å². The number of nitrogens with two attached hydrogens (primary N) is 1. The smallest absolute Gasteiger partial charge is 0.462 e. The minimum Gasteiger partial charge on any atom is -0.462 e. The summed E-state index contributed by atoms with van der Waals surface area (Å²) in [7, 11) is -4.61. The van der Waals surface area contributed by atoms with Gasteiger partial charge in [0.25, 0.3) is 0 Å². The number of phosphoric acid groups is 1. The number of carbonyl (C=O) groups excluding carboxylic acids is 3. The molecule has 0 rings (SSSR count). The lowest BCUT2D eigenvalue weighted by Gasteiger charge is -2.20. The van der Waals surface area contributed by atoms with Crippen LogP contribution in [0.5, 0.6) is 0 Å². The Morgan fingerprint density at radius 2 is 1.02 bits per heavy atom. The van der Waals surface area contributed by atoms with Gasteiger partial charge in [0, 0.05) is 12.8 Å². The van der Waals surface area contributed by atoms with Gasteiger partial charge in [-0.05, 0) is 39.0 Å². The fourth-order valence-corrected chi connectivity index (χ4v) is 6.65. The standard InChI is InChI=1S/C43H80NO9P/c1-4-6-8-10-12-14-16-18-20-22-24-26-28-30-32-34-42(46)50-36-40(37-51-54(48,49)52-38-41(44)39(3)45)53-43(47)35-33-31-29-27-25-23-21-19-17-15-13-11-9-7-5-2/h23,25,29,31,40-41H,4-22,24,26-28,30,32-38,44H2,1-3H3,(H,48,49). The average molecular weight is 786 g/mol. The molecule has 0 bridgehead atoms. The Morgan fingerprint density at radius 1 is 0.574 bits per heavy atom. The predicted octanol–water partition coefficient (Wildman–Crippen LogP) is 11.6. The Kier molecular flexibility index (Phi) is 36.8. The van der Waals surface area contributed by atoms with Crippen LogP contribution in [0.4, 0.5) is 0 Å². The van der Waals surface area contributed by atoms with E-state index in [4.69, 9.17) is 24.3 Å². The van der Waals surface area contributed by atoms with Crippen LogP contribution in [0.15, 0.2) is 24.3 Å². The molecule has 0 aliphatic carbocycles. The molecule has 0 saturated carbocycles. The molecule has 0 saturated heterocycles. The van der Waals surface area contributed by atoms with Crippen molar-refractivity contribution in [3.05, 3.63) is 24.3 Å². The Balaban J connectivity index is 4.43. The van der Waals surface area contributed by atoms with Crippen molar-refractivity contribution in [3.63, 3.8) is 0 Å². The van der Waals surface area contributed by atoms with Gasteiger partial charge in [0.05, 0.1) is 19.3 Å². The number of rotatable bonds is 40. The summed E-state index contributed by atoms with van der Waals surface area (Å²) in [5, 5.41) is 0. The van der Waals surface area contributed by atoms with E-state index in [9.17, 15) is 23.8 Å². The number of ether oxygens (including phenoxy) is 2. The molecule has 10 nitrogen and oxygen atoms in total. The van der Waals surface area contributed by atoms with Gasteiger partial charge in [-0.3, -0.25) is 23.4 Å². The third kappa shape index (κ3) is 37.1. The molecule has 0 aliphatic heterocycles. The molecule has 0 aromatic rings. The summed E-state index contributed by atoms with van der Waals surface area (Å²) in [6, 6.07) is -1.08. The van der Waals surface area contributed by atoms with Gasteiger partial charge in [-0.1, -0.05) is 173 Å². The highest BCUT2D eigenvalue weighted by molar-refractivity contribution is 7.47. The first-order valence-electron chi connectivity index (χ1n) is 21.6. The normalized spacial score (nSPS) is 14.0. The summed E-state index contributed by atoms with van der Waals surface area (Å²) in [6.45, 7) is 4.36. The van der Waals surface area contributed by atoms with Crippen LogP contribution < -0.4 is 5.73 Å². The van der Waals surface area contributed by atoms with Crippen LogP contribution >= 0.6 is 7.82 Å². The third-order valence-electron chi connectivity index (χ3n) is 9.42. The SMILES string of the molecule is CCCCCCCCCCC=CCC=CCCC(=O)OC(COC(=O)CCCCCCCCCCCCCCCCC)COP(=O)(O)OCC(N)C(C)=O. The fourth-order valence-electron chi connectivity index (χ4n) is 5.87. The number of hydrogen-bond acceptors (Lipinski definition) is 9. The van der Waals surface area contributed by atoms with Crippen LogP contribution in [-0.2, 0) is 37.5 Å². The fraction of sp³-hybridized carbons (Fsp3) is 0.837. The molecule has 0 aromatic carbocycles. The molecular formula is C43H80NO9P. The zero-order valence-corrected chi connectivity index (χ0v) is 35.5. The molecule has 0 radical (unpaired) electrons. The highest BCUT2D eigenvalue weighted by Gasteiger charge is 2.27. The average Bonchev–Trinajstić information content (AvgIpc) is 3.14. The van der Waals surface area contributed by atoms with Crippen molar-refractivity contribution < 1.29 is 42.4 Å². The van der Waals surface area contributed by atoms with Crippen LogP contribution in [0.1, 0.15) is 201 Å². The van der Waals surface area contributed by atoms with E-state index in [1.54, 1.807) is 0 Å². The predicted molar refractivity (Wildman–Crippen MR) is 220 cm³/mol. The first-order chi connectivity index (χ1) is 26.1. The zero-order valence-electron chi connectivity index (χ0n) is 34.6. The van der Waals surface area contributed by atoms with Gasteiger partial charge in [-0.25, -0.2) is 4.57 Å². The maximum atomic E-state index is 12.6. The third-order valence-corrected chi connectivity index (χ3v) is 10.4. The minimum atomic E-state index is -4.61. The van der Waals surface area contributed by atoms with E-state index >= 15 is 0 Å². The second-order valence-electron chi connectivity index (χ2n) is 14.8. The summed E-state index contributed by atoms with van der Waals surface area (Å²) in [4.78, 5) is 46.4. The molecule has 54 heavy (non-hydrogen) atoms. The Labute approximate surface area is 329 Å². The largest absolute Gasteiger partial charge is 0.472 e. The van der Waals surface area contributed by atoms with Crippen molar-refractivity contribution in [2.75, 3.05) is 19.8 Å². The molecule has 0 amide bonds. The lowest BCUT2D eigenvalue weighted by molar-refractivity contribution is -0.161. The molecule has 11 heteroatoms. The first kappa shape index (κ1) is 52.2. The van der Waals surface area contributed by atoms with Crippen molar-refractivity contribution in [2.45, 2.75) is 213 Å². The number of allylic oxidation sites excluding steroid dienone is 4. The quantitative estimate of drug-likeness (QED) is 0.0266. The van der Waals surface area contributed by atoms with Gasteiger partial charge in [-0.15, -0.1) is 0 Å². The van der Waals surface area contributed by atoms with Gasteiger partial charge in [0.1, 0.15) is 12.4 Å². The lowest BCUT2D eigenvalue weighted by atomic mass is 10.0. The van der Waals surface area contributed by atoms with Crippen LogP contribution in [0.25, 0.3) is 0 Å². The Bertz CT molecular complexity index is 1020. The number of carbonyl (C=O) groups is 3. The van der Waals surface area contributed by atoms with E-state index in [0.29, 0.717) is 12.8 Å². The molecule has 0 aromatic heterocycles. The van der Waals surface area contributed by atoms with Crippen molar-refractivity contribution in [1.29, 1.82) is 0 Å².